The molecule has 0 saturated heterocycles. The topological polar surface area (TPSA) is 145 Å². The van der Waals surface area contributed by atoms with Crippen LogP contribution in [-0.4, -0.2) is 49.1 Å². The van der Waals surface area contributed by atoms with E-state index in [1.807, 2.05) is 0 Å². The summed E-state index contributed by atoms with van der Waals surface area (Å²) in [7, 11) is 1.62. The van der Waals surface area contributed by atoms with Crippen molar-refractivity contribution in [2.75, 3.05) is 5.73 Å². The molecule has 0 aliphatic carbocycles. The number of anilines is 1. The molecule has 3 rings (SSSR count). The molecule has 16 heteroatoms. The number of nitrogens with zero attached hydrogens (tertiary/aromatic N) is 4. The average molecular weight is 518 g/mol. The van der Waals surface area contributed by atoms with Gasteiger partial charge in [0.05, 0.1) is 18.1 Å². The van der Waals surface area contributed by atoms with E-state index in [-0.39, 0.29) is 22.8 Å². The van der Waals surface area contributed by atoms with Crippen molar-refractivity contribution in [3.05, 3.63) is 47.9 Å². The largest absolute Gasteiger partial charge is 0.493 e. The van der Waals surface area contributed by atoms with Crippen LogP contribution < -0.4 is 11.2 Å². The molecule has 4 N–H and O–H groups in total. The van der Waals surface area contributed by atoms with Gasteiger partial charge < -0.3 is 15.7 Å². The summed E-state index contributed by atoms with van der Waals surface area (Å²) in [4.78, 5) is 34.6. The van der Waals surface area contributed by atoms with Crippen LogP contribution in [0.2, 0.25) is 0 Å². The van der Waals surface area contributed by atoms with E-state index in [1.54, 1.807) is 13.2 Å². The van der Waals surface area contributed by atoms with Crippen molar-refractivity contribution in [1.29, 1.82) is 0 Å². The van der Waals surface area contributed by atoms with Gasteiger partial charge in [-0.05, 0) is 18.6 Å². The minimum Gasteiger partial charge on any atom is -0.382 e. The van der Waals surface area contributed by atoms with Gasteiger partial charge in [0.1, 0.15) is 11.5 Å². The molecule has 3 aromatic rings. The number of benzene rings is 1. The lowest BCUT2D eigenvalue weighted by Crippen LogP contribution is -2.55. The predicted octanol–water partition coefficient (Wildman–Crippen LogP) is 2.32. The quantitative estimate of drug-likeness (QED) is 0.353. The Morgan fingerprint density at radius 3 is 2.36 bits per heavy atom. The number of rotatable bonds is 4. The third-order valence-electron chi connectivity index (χ3n) is 4.92. The van der Waals surface area contributed by atoms with Crippen LogP contribution in [0.5, 0.6) is 0 Å². The Bertz CT molecular complexity index is 1320. The molecular weight excluding hydrogens is 502 g/mol. The minimum absolute atomic E-state index is 0.00386. The Kier molecular flexibility index (Phi) is 6.67. The van der Waals surface area contributed by atoms with Crippen LogP contribution >= 0.6 is 0 Å². The molecule has 0 spiro atoms. The van der Waals surface area contributed by atoms with E-state index < -0.39 is 35.4 Å². The maximum atomic E-state index is 13.8. The van der Waals surface area contributed by atoms with E-state index in [9.17, 15) is 41.0 Å². The van der Waals surface area contributed by atoms with Gasteiger partial charge in [0.2, 0.25) is 0 Å². The number of carbonyl (C=O) groups excluding carboxylic acids is 2. The standard InChI is InChI=1S/C20H16F6N6O4/c1-9-3-4-11(18(35,20(24,25)26)16(33)31-36-17(34)19(21,22)23)5-12(9)13-7-28-15(27)14(30-13)10-6-29-32(2)8-10/h3-8,35H,1-2H3,(H2,27,28)(H,31,33). The second kappa shape index (κ2) is 9.10. The molecular formula is C20H16F6N6O4. The average Bonchev–Trinajstić information content (AvgIpc) is 3.22. The summed E-state index contributed by atoms with van der Waals surface area (Å²) >= 11 is 0. The van der Waals surface area contributed by atoms with Crippen molar-refractivity contribution in [2.45, 2.75) is 24.9 Å². The lowest BCUT2D eigenvalue weighted by atomic mass is 9.89. The number of carbonyl (C=O) groups is 2. The first-order valence-electron chi connectivity index (χ1n) is 9.66. The van der Waals surface area contributed by atoms with Gasteiger partial charge in [-0.3, -0.25) is 9.48 Å². The lowest BCUT2D eigenvalue weighted by Gasteiger charge is -2.29. The summed E-state index contributed by atoms with van der Waals surface area (Å²) in [6.07, 6.45) is -7.24. The fourth-order valence-corrected chi connectivity index (χ4v) is 3.06. The molecule has 0 aliphatic heterocycles. The van der Waals surface area contributed by atoms with Gasteiger partial charge in [-0.25, -0.2) is 14.8 Å². The number of aryl methyl sites for hydroxylation is 2. The maximum absolute atomic E-state index is 13.8. The summed E-state index contributed by atoms with van der Waals surface area (Å²) in [6.45, 7) is 1.48. The molecule has 36 heavy (non-hydrogen) atoms. The maximum Gasteiger partial charge on any atom is 0.493 e. The van der Waals surface area contributed by atoms with E-state index in [0.717, 1.165) is 24.4 Å². The van der Waals surface area contributed by atoms with Crippen molar-refractivity contribution in [3.8, 4) is 22.5 Å². The highest BCUT2D eigenvalue weighted by Crippen LogP contribution is 2.41. The zero-order chi connectivity index (χ0) is 27.1. The van der Waals surface area contributed by atoms with E-state index in [1.165, 1.54) is 17.8 Å². The summed E-state index contributed by atoms with van der Waals surface area (Å²) < 4.78 is 79.8. The Balaban J connectivity index is 2.07. The molecule has 0 fully saturated rings. The van der Waals surface area contributed by atoms with Gasteiger partial charge in [-0.1, -0.05) is 12.1 Å². The van der Waals surface area contributed by atoms with Gasteiger partial charge in [-0.15, -0.1) is 0 Å². The normalized spacial score (nSPS) is 13.7. The Morgan fingerprint density at radius 1 is 1.14 bits per heavy atom. The summed E-state index contributed by atoms with van der Waals surface area (Å²) in [5, 5.41) is 14.3. The van der Waals surface area contributed by atoms with E-state index in [2.05, 4.69) is 19.9 Å². The SMILES string of the molecule is Cc1ccc(C(O)(C(=O)NOC(=O)C(F)(F)F)C(F)(F)F)cc1-c1cnc(N)c(-c2cnn(C)c2)n1. The first-order chi connectivity index (χ1) is 16.6. The number of hydrogen-bond acceptors (Lipinski definition) is 8. The Hall–Kier alpha value is -4.21. The van der Waals surface area contributed by atoms with Gasteiger partial charge in [0, 0.05) is 29.9 Å². The van der Waals surface area contributed by atoms with Crippen molar-refractivity contribution in [1.82, 2.24) is 25.2 Å². The molecule has 0 saturated carbocycles. The summed E-state index contributed by atoms with van der Waals surface area (Å²) in [5.74, 6) is -5.50. The van der Waals surface area contributed by atoms with Crippen LogP contribution in [0.3, 0.4) is 0 Å². The summed E-state index contributed by atoms with van der Waals surface area (Å²) in [5.41, 5.74) is 1.97. The van der Waals surface area contributed by atoms with E-state index in [0.29, 0.717) is 16.6 Å². The van der Waals surface area contributed by atoms with Crippen LogP contribution in [0.15, 0.2) is 36.8 Å². The Morgan fingerprint density at radius 2 is 1.81 bits per heavy atom. The lowest BCUT2D eigenvalue weighted by molar-refractivity contribution is -0.262. The zero-order valence-corrected chi connectivity index (χ0v) is 18.3. The first-order valence-corrected chi connectivity index (χ1v) is 9.66. The molecule has 1 amide bonds. The van der Waals surface area contributed by atoms with E-state index in [4.69, 9.17) is 5.73 Å². The third-order valence-corrected chi connectivity index (χ3v) is 4.92. The van der Waals surface area contributed by atoms with Gasteiger partial charge in [-0.2, -0.15) is 36.9 Å². The number of hydrogen-bond donors (Lipinski definition) is 3. The van der Waals surface area contributed by atoms with Crippen molar-refractivity contribution < 1.29 is 45.9 Å². The number of nitrogen functional groups attached to an aromatic ring is 1. The van der Waals surface area contributed by atoms with Gasteiger partial charge >= 0.3 is 18.3 Å². The van der Waals surface area contributed by atoms with Crippen LogP contribution in [0.4, 0.5) is 32.2 Å². The van der Waals surface area contributed by atoms with Gasteiger partial charge in [0.25, 0.3) is 11.5 Å². The monoisotopic (exact) mass is 518 g/mol. The molecule has 0 bridgehead atoms. The third kappa shape index (κ3) is 4.93. The van der Waals surface area contributed by atoms with Crippen molar-refractivity contribution in [2.24, 2.45) is 7.05 Å². The number of alkyl halides is 6. The van der Waals surface area contributed by atoms with Crippen molar-refractivity contribution >= 4 is 17.7 Å². The zero-order valence-electron chi connectivity index (χ0n) is 18.3. The molecule has 1 unspecified atom stereocenters. The highest BCUT2D eigenvalue weighted by molar-refractivity contribution is 5.88. The molecule has 0 radical (unpaired) electrons. The fraction of sp³-hybridized carbons (Fsp3) is 0.250. The Labute approximate surface area is 197 Å². The molecule has 1 aromatic carbocycles. The number of aliphatic hydroxyl groups is 1. The number of halogens is 6. The van der Waals surface area contributed by atoms with Gasteiger partial charge in [0.15, 0.2) is 0 Å². The number of nitrogens with one attached hydrogen (secondary N) is 1. The second-order valence-electron chi connectivity index (χ2n) is 7.45. The van der Waals surface area contributed by atoms with Crippen LogP contribution in [0.1, 0.15) is 11.1 Å². The molecule has 1 atom stereocenters. The smallest absolute Gasteiger partial charge is 0.382 e. The molecule has 2 heterocycles. The fourth-order valence-electron chi connectivity index (χ4n) is 3.06. The molecule has 10 nitrogen and oxygen atoms in total. The molecule has 192 valence electrons. The van der Waals surface area contributed by atoms with E-state index >= 15 is 0 Å². The number of aromatic nitrogens is 4. The number of nitrogens with two attached hydrogens (primary N) is 1. The minimum atomic E-state index is -5.75. The van der Waals surface area contributed by atoms with Crippen LogP contribution in [0, 0.1) is 6.92 Å². The predicted molar refractivity (Wildman–Crippen MR) is 109 cm³/mol. The van der Waals surface area contributed by atoms with Crippen molar-refractivity contribution in [3.63, 3.8) is 0 Å². The number of amides is 1. The molecule has 2 aromatic heterocycles. The highest BCUT2D eigenvalue weighted by Gasteiger charge is 2.61. The van der Waals surface area contributed by atoms with Crippen LogP contribution in [-0.2, 0) is 27.1 Å². The molecule has 0 aliphatic rings. The highest BCUT2D eigenvalue weighted by atomic mass is 19.4. The first kappa shape index (κ1) is 26.4. The number of hydroxylamine groups is 1. The second-order valence-corrected chi connectivity index (χ2v) is 7.45. The summed E-state index contributed by atoms with van der Waals surface area (Å²) in [6, 6.07) is 2.59. The van der Waals surface area contributed by atoms with Crippen LogP contribution in [0.25, 0.3) is 22.5 Å².